The number of hydrogen-bond donors (Lipinski definition) is 0. The van der Waals surface area contributed by atoms with Gasteiger partial charge in [-0.3, -0.25) is 9.69 Å². The van der Waals surface area contributed by atoms with E-state index in [0.717, 1.165) is 65.0 Å². The van der Waals surface area contributed by atoms with Crippen molar-refractivity contribution in [2.24, 2.45) is 0 Å². The molecule has 2 aliphatic heterocycles. The largest absolute Gasteiger partial charge is 0.379 e. The van der Waals surface area contributed by atoms with Crippen molar-refractivity contribution in [1.82, 2.24) is 19.8 Å². The summed E-state index contributed by atoms with van der Waals surface area (Å²) in [5.74, 6) is 1.00. The highest BCUT2D eigenvalue weighted by Crippen LogP contribution is 2.10. The van der Waals surface area contributed by atoms with E-state index in [0.29, 0.717) is 6.42 Å². The lowest BCUT2D eigenvalue weighted by Gasteiger charge is -2.35. The number of aromatic nitrogens is 2. The van der Waals surface area contributed by atoms with Crippen molar-refractivity contribution in [1.29, 1.82) is 0 Å². The first kappa shape index (κ1) is 15.2. The summed E-state index contributed by atoms with van der Waals surface area (Å²) < 4.78 is 5.32. The third-order valence-corrected chi connectivity index (χ3v) is 4.21. The third-order valence-electron chi connectivity index (χ3n) is 4.21. The van der Waals surface area contributed by atoms with E-state index >= 15 is 0 Å². The molecule has 0 saturated carbocycles. The highest BCUT2D eigenvalue weighted by atomic mass is 16.5. The van der Waals surface area contributed by atoms with E-state index in [1.54, 1.807) is 12.4 Å². The molecule has 3 rings (SSSR count). The SMILES string of the molecule is O=C(CCN1CCOCC1)N1CCN(c2ncccn2)CC1. The monoisotopic (exact) mass is 305 g/mol. The molecule has 0 unspecified atom stereocenters. The van der Waals surface area contributed by atoms with Gasteiger partial charge in [0, 0.05) is 64.6 Å². The molecule has 0 atom stereocenters. The van der Waals surface area contributed by atoms with Gasteiger partial charge in [0.2, 0.25) is 11.9 Å². The van der Waals surface area contributed by atoms with Crippen LogP contribution >= 0.6 is 0 Å². The van der Waals surface area contributed by atoms with Gasteiger partial charge in [-0.1, -0.05) is 0 Å². The molecule has 120 valence electrons. The van der Waals surface area contributed by atoms with Crippen molar-refractivity contribution in [2.45, 2.75) is 6.42 Å². The highest BCUT2D eigenvalue weighted by molar-refractivity contribution is 5.76. The first-order chi connectivity index (χ1) is 10.8. The van der Waals surface area contributed by atoms with Crippen LogP contribution in [0.3, 0.4) is 0 Å². The predicted molar refractivity (Wildman–Crippen MR) is 82.7 cm³/mol. The third kappa shape index (κ3) is 3.92. The molecule has 7 nitrogen and oxygen atoms in total. The van der Waals surface area contributed by atoms with E-state index in [4.69, 9.17) is 4.74 Å². The maximum absolute atomic E-state index is 12.3. The zero-order valence-electron chi connectivity index (χ0n) is 12.9. The van der Waals surface area contributed by atoms with E-state index in [-0.39, 0.29) is 5.91 Å². The van der Waals surface area contributed by atoms with Crippen LogP contribution in [0.15, 0.2) is 18.5 Å². The van der Waals surface area contributed by atoms with Crippen LogP contribution in [0, 0.1) is 0 Å². The summed E-state index contributed by atoms with van der Waals surface area (Å²) in [4.78, 5) is 27.2. The lowest BCUT2D eigenvalue weighted by molar-refractivity contribution is -0.132. The summed E-state index contributed by atoms with van der Waals surface area (Å²) >= 11 is 0. The molecule has 0 aliphatic carbocycles. The van der Waals surface area contributed by atoms with Gasteiger partial charge in [-0.25, -0.2) is 9.97 Å². The minimum Gasteiger partial charge on any atom is -0.379 e. The maximum atomic E-state index is 12.3. The zero-order chi connectivity index (χ0) is 15.2. The van der Waals surface area contributed by atoms with E-state index in [2.05, 4.69) is 19.8 Å². The van der Waals surface area contributed by atoms with E-state index in [1.165, 1.54) is 0 Å². The minimum absolute atomic E-state index is 0.250. The highest BCUT2D eigenvalue weighted by Gasteiger charge is 2.22. The molecule has 2 aliphatic rings. The van der Waals surface area contributed by atoms with Gasteiger partial charge in [-0.15, -0.1) is 0 Å². The normalized spacial score (nSPS) is 20.2. The fraction of sp³-hybridized carbons (Fsp3) is 0.667. The lowest BCUT2D eigenvalue weighted by atomic mass is 10.2. The Kier molecular flexibility index (Phi) is 5.18. The number of hydrogen-bond acceptors (Lipinski definition) is 6. The molecular formula is C15H23N5O2. The molecule has 7 heteroatoms. The van der Waals surface area contributed by atoms with Gasteiger partial charge in [0.1, 0.15) is 0 Å². The van der Waals surface area contributed by atoms with Crippen LogP contribution in [0.2, 0.25) is 0 Å². The number of carbonyl (C=O) groups excluding carboxylic acids is 1. The molecule has 0 aromatic carbocycles. The predicted octanol–water partition coefficient (Wildman–Crippen LogP) is -0.152. The number of nitrogens with zero attached hydrogens (tertiary/aromatic N) is 5. The molecule has 1 amide bonds. The Hall–Kier alpha value is -1.73. The molecule has 1 aromatic heterocycles. The Bertz CT molecular complexity index is 470. The lowest BCUT2D eigenvalue weighted by Crippen LogP contribution is -2.50. The molecule has 0 bridgehead atoms. The van der Waals surface area contributed by atoms with Crippen LogP contribution in [0.5, 0.6) is 0 Å². The topological polar surface area (TPSA) is 61.8 Å². The molecular weight excluding hydrogens is 282 g/mol. The molecule has 0 N–H and O–H groups in total. The second-order valence-electron chi connectivity index (χ2n) is 5.62. The molecule has 22 heavy (non-hydrogen) atoms. The fourth-order valence-corrected chi connectivity index (χ4v) is 2.85. The number of ether oxygens (including phenoxy) is 1. The van der Waals surface area contributed by atoms with Gasteiger partial charge in [-0.05, 0) is 6.07 Å². The summed E-state index contributed by atoms with van der Waals surface area (Å²) in [6.07, 6.45) is 4.10. The second-order valence-corrected chi connectivity index (χ2v) is 5.62. The Morgan fingerprint density at radius 2 is 1.73 bits per heavy atom. The number of carbonyl (C=O) groups is 1. The van der Waals surface area contributed by atoms with Gasteiger partial charge in [0.15, 0.2) is 0 Å². The maximum Gasteiger partial charge on any atom is 0.225 e. The summed E-state index contributed by atoms with van der Waals surface area (Å²) in [6.45, 7) is 7.37. The van der Waals surface area contributed by atoms with Gasteiger partial charge < -0.3 is 14.5 Å². The number of anilines is 1. The number of morpholine rings is 1. The van der Waals surface area contributed by atoms with Crippen LogP contribution in [0.4, 0.5) is 5.95 Å². The van der Waals surface area contributed by atoms with Crippen LogP contribution in [-0.4, -0.2) is 84.7 Å². The Balaban J connectivity index is 1.41. The minimum atomic E-state index is 0.250. The average molecular weight is 305 g/mol. The van der Waals surface area contributed by atoms with Crippen molar-refractivity contribution >= 4 is 11.9 Å². The summed E-state index contributed by atoms with van der Waals surface area (Å²) in [7, 11) is 0. The molecule has 1 aromatic rings. The fourth-order valence-electron chi connectivity index (χ4n) is 2.85. The second kappa shape index (κ2) is 7.51. The molecule has 3 heterocycles. The van der Waals surface area contributed by atoms with Crippen molar-refractivity contribution in [3.05, 3.63) is 18.5 Å². The van der Waals surface area contributed by atoms with Crippen LogP contribution in [0.1, 0.15) is 6.42 Å². The van der Waals surface area contributed by atoms with Crippen molar-refractivity contribution in [3.63, 3.8) is 0 Å². The Labute approximate surface area is 130 Å². The van der Waals surface area contributed by atoms with E-state index in [1.807, 2.05) is 11.0 Å². The van der Waals surface area contributed by atoms with Gasteiger partial charge in [0.25, 0.3) is 0 Å². The van der Waals surface area contributed by atoms with E-state index < -0.39 is 0 Å². The van der Waals surface area contributed by atoms with Crippen LogP contribution < -0.4 is 4.90 Å². The summed E-state index contributed by atoms with van der Waals surface area (Å²) in [5.41, 5.74) is 0. The number of rotatable bonds is 4. The Morgan fingerprint density at radius 1 is 1.05 bits per heavy atom. The van der Waals surface area contributed by atoms with Crippen molar-refractivity contribution < 1.29 is 9.53 Å². The quantitative estimate of drug-likeness (QED) is 0.771. The molecule has 0 radical (unpaired) electrons. The van der Waals surface area contributed by atoms with Gasteiger partial charge >= 0.3 is 0 Å². The number of amides is 1. The standard InChI is InChI=1S/C15H23N5O2/c21-14(2-5-18-10-12-22-13-11-18)19-6-8-20(9-7-19)15-16-3-1-4-17-15/h1,3-4H,2,5-13H2. The molecule has 2 fully saturated rings. The summed E-state index contributed by atoms with van der Waals surface area (Å²) in [5, 5.41) is 0. The smallest absolute Gasteiger partial charge is 0.225 e. The zero-order valence-corrected chi connectivity index (χ0v) is 12.9. The molecule has 2 saturated heterocycles. The first-order valence-electron chi connectivity index (χ1n) is 7.93. The van der Waals surface area contributed by atoms with Gasteiger partial charge in [-0.2, -0.15) is 0 Å². The van der Waals surface area contributed by atoms with E-state index in [9.17, 15) is 4.79 Å². The Morgan fingerprint density at radius 3 is 2.41 bits per heavy atom. The van der Waals surface area contributed by atoms with Crippen molar-refractivity contribution in [3.8, 4) is 0 Å². The number of piperazine rings is 1. The first-order valence-corrected chi connectivity index (χ1v) is 7.93. The van der Waals surface area contributed by atoms with Crippen LogP contribution in [-0.2, 0) is 9.53 Å². The average Bonchev–Trinajstić information content (AvgIpc) is 2.61. The van der Waals surface area contributed by atoms with Gasteiger partial charge in [0.05, 0.1) is 13.2 Å². The van der Waals surface area contributed by atoms with Crippen molar-refractivity contribution in [2.75, 3.05) is 63.9 Å². The van der Waals surface area contributed by atoms with Crippen LogP contribution in [0.25, 0.3) is 0 Å². The summed E-state index contributed by atoms with van der Waals surface area (Å²) in [6, 6.07) is 1.81. The molecule has 0 spiro atoms.